The summed E-state index contributed by atoms with van der Waals surface area (Å²) in [6, 6.07) is 12.7. The summed E-state index contributed by atoms with van der Waals surface area (Å²) in [6.07, 6.45) is 0. The van der Waals surface area contributed by atoms with Crippen molar-refractivity contribution in [3.8, 4) is 5.75 Å². The minimum absolute atomic E-state index is 0.0712. The smallest absolute Gasteiger partial charge is 0.292 e. The molecule has 0 aliphatic heterocycles. The molecule has 1 N–H and O–H groups in total. The Morgan fingerprint density at radius 2 is 1.90 bits per heavy atom. The maximum atomic E-state index is 11.1. The van der Waals surface area contributed by atoms with Gasteiger partial charge in [0, 0.05) is 18.2 Å². The van der Waals surface area contributed by atoms with Crippen molar-refractivity contribution in [2.45, 2.75) is 20.5 Å². The molecule has 110 valence electrons. The van der Waals surface area contributed by atoms with Crippen LogP contribution in [0.15, 0.2) is 42.5 Å². The molecule has 0 amide bonds. The highest BCUT2D eigenvalue weighted by Gasteiger charge is 2.16. The third kappa shape index (κ3) is 3.72. The molecule has 0 bridgehead atoms. The molecular weight excluding hydrogens is 268 g/mol. The molecule has 0 aromatic heterocycles. The lowest BCUT2D eigenvalue weighted by Gasteiger charge is -2.12. The predicted octanol–water partition coefficient (Wildman–Crippen LogP) is 3.91. The zero-order valence-corrected chi connectivity index (χ0v) is 12.1. The lowest BCUT2D eigenvalue weighted by Crippen LogP contribution is -2.06. The highest BCUT2D eigenvalue weighted by molar-refractivity contribution is 5.66. The summed E-state index contributed by atoms with van der Waals surface area (Å²) in [6.45, 7) is 4.81. The Bertz CT molecular complexity index is 624. The molecule has 0 saturated carbocycles. The fourth-order valence-electron chi connectivity index (χ4n) is 2.04. The summed E-state index contributed by atoms with van der Waals surface area (Å²) in [5.74, 6) is 0.745. The molecule has 5 heteroatoms. The molecule has 0 spiro atoms. The first kappa shape index (κ1) is 14.8. The van der Waals surface area contributed by atoms with Gasteiger partial charge in [-0.2, -0.15) is 0 Å². The SMILES string of the molecule is CCNc1c(COc2ccc(C)cc2)cccc1[N+](=O)[O-]. The minimum Gasteiger partial charge on any atom is -0.489 e. The van der Waals surface area contributed by atoms with Crippen molar-refractivity contribution in [1.29, 1.82) is 0 Å². The molecule has 0 heterocycles. The number of aryl methyl sites for hydroxylation is 1. The van der Waals surface area contributed by atoms with Crippen LogP contribution in [-0.4, -0.2) is 11.5 Å². The van der Waals surface area contributed by atoms with E-state index in [0.29, 0.717) is 12.2 Å². The zero-order chi connectivity index (χ0) is 15.2. The highest BCUT2D eigenvalue weighted by Crippen LogP contribution is 2.29. The second kappa shape index (κ2) is 6.74. The molecule has 2 rings (SSSR count). The summed E-state index contributed by atoms with van der Waals surface area (Å²) >= 11 is 0. The summed E-state index contributed by atoms with van der Waals surface area (Å²) < 4.78 is 5.71. The molecule has 2 aromatic carbocycles. The molecule has 2 aromatic rings. The second-order valence-corrected chi connectivity index (χ2v) is 4.70. The van der Waals surface area contributed by atoms with Crippen LogP contribution in [0.5, 0.6) is 5.75 Å². The first-order valence-electron chi connectivity index (χ1n) is 6.81. The van der Waals surface area contributed by atoms with Crippen molar-refractivity contribution in [1.82, 2.24) is 0 Å². The summed E-state index contributed by atoms with van der Waals surface area (Å²) in [5, 5.41) is 14.1. The van der Waals surface area contributed by atoms with Crippen molar-refractivity contribution in [3.05, 3.63) is 63.7 Å². The topological polar surface area (TPSA) is 64.4 Å². The van der Waals surface area contributed by atoms with Crippen LogP contribution in [0.1, 0.15) is 18.1 Å². The van der Waals surface area contributed by atoms with E-state index in [9.17, 15) is 10.1 Å². The van der Waals surface area contributed by atoms with Gasteiger partial charge >= 0.3 is 0 Å². The van der Waals surface area contributed by atoms with E-state index in [1.54, 1.807) is 6.07 Å². The largest absolute Gasteiger partial charge is 0.489 e. The molecule has 21 heavy (non-hydrogen) atoms. The van der Waals surface area contributed by atoms with E-state index in [0.717, 1.165) is 16.9 Å². The maximum Gasteiger partial charge on any atom is 0.292 e. The number of nitro benzene ring substituents is 1. The van der Waals surface area contributed by atoms with Crippen LogP contribution >= 0.6 is 0 Å². The first-order valence-corrected chi connectivity index (χ1v) is 6.81. The first-order chi connectivity index (χ1) is 10.1. The van der Waals surface area contributed by atoms with Gasteiger partial charge in [-0.1, -0.05) is 29.8 Å². The quantitative estimate of drug-likeness (QED) is 0.646. The number of para-hydroxylation sites is 1. The Hall–Kier alpha value is -2.56. The van der Waals surface area contributed by atoms with Crippen molar-refractivity contribution in [2.24, 2.45) is 0 Å². The number of benzene rings is 2. The minimum atomic E-state index is -0.382. The molecule has 0 radical (unpaired) electrons. The molecule has 0 aliphatic rings. The van der Waals surface area contributed by atoms with Gasteiger partial charge in [0.15, 0.2) is 0 Å². The lowest BCUT2D eigenvalue weighted by molar-refractivity contribution is -0.384. The standard InChI is InChI=1S/C16H18N2O3/c1-3-17-16-13(5-4-6-15(16)18(19)20)11-21-14-9-7-12(2)8-10-14/h4-10,17H,3,11H2,1-2H3. The summed E-state index contributed by atoms with van der Waals surface area (Å²) in [4.78, 5) is 10.7. The van der Waals surface area contributed by atoms with Gasteiger partial charge in [0.25, 0.3) is 5.69 Å². The van der Waals surface area contributed by atoms with Crippen LogP contribution in [0.3, 0.4) is 0 Å². The van der Waals surface area contributed by atoms with Crippen molar-refractivity contribution in [2.75, 3.05) is 11.9 Å². The molecule has 5 nitrogen and oxygen atoms in total. The molecule has 0 fully saturated rings. The Balaban J connectivity index is 2.20. The van der Waals surface area contributed by atoms with E-state index in [-0.39, 0.29) is 17.2 Å². The van der Waals surface area contributed by atoms with Crippen molar-refractivity contribution < 1.29 is 9.66 Å². The third-order valence-electron chi connectivity index (χ3n) is 3.09. The number of rotatable bonds is 6. The van der Waals surface area contributed by atoms with Gasteiger partial charge in [0.05, 0.1) is 4.92 Å². The van der Waals surface area contributed by atoms with Gasteiger partial charge in [0.1, 0.15) is 18.0 Å². The number of hydrogen-bond donors (Lipinski definition) is 1. The number of anilines is 1. The summed E-state index contributed by atoms with van der Waals surface area (Å²) in [7, 11) is 0. The van der Waals surface area contributed by atoms with Crippen molar-refractivity contribution in [3.63, 3.8) is 0 Å². The number of ether oxygens (including phenoxy) is 1. The average molecular weight is 286 g/mol. The van der Waals surface area contributed by atoms with Crippen LogP contribution < -0.4 is 10.1 Å². The average Bonchev–Trinajstić information content (AvgIpc) is 2.47. The predicted molar refractivity (Wildman–Crippen MR) is 82.8 cm³/mol. The molecule has 0 unspecified atom stereocenters. The highest BCUT2D eigenvalue weighted by atomic mass is 16.6. The number of nitrogens with zero attached hydrogens (tertiary/aromatic N) is 1. The monoisotopic (exact) mass is 286 g/mol. The number of hydrogen-bond acceptors (Lipinski definition) is 4. The molecule has 0 saturated heterocycles. The van der Waals surface area contributed by atoms with E-state index < -0.39 is 0 Å². The van der Waals surface area contributed by atoms with Crippen LogP contribution in [0.25, 0.3) is 0 Å². The van der Waals surface area contributed by atoms with Crippen molar-refractivity contribution >= 4 is 11.4 Å². The third-order valence-corrected chi connectivity index (χ3v) is 3.09. The van der Waals surface area contributed by atoms with Gasteiger partial charge in [0.2, 0.25) is 0 Å². The number of nitrogens with one attached hydrogen (secondary N) is 1. The van der Waals surface area contributed by atoms with Gasteiger partial charge in [-0.15, -0.1) is 0 Å². The van der Waals surface area contributed by atoms with E-state index in [1.165, 1.54) is 6.07 Å². The Kier molecular flexibility index (Phi) is 4.77. The Morgan fingerprint density at radius 1 is 1.19 bits per heavy atom. The molecule has 0 aliphatic carbocycles. The second-order valence-electron chi connectivity index (χ2n) is 4.70. The molecular formula is C16H18N2O3. The maximum absolute atomic E-state index is 11.1. The fourth-order valence-corrected chi connectivity index (χ4v) is 2.04. The Morgan fingerprint density at radius 3 is 2.52 bits per heavy atom. The van der Waals surface area contributed by atoms with Gasteiger partial charge in [-0.05, 0) is 26.0 Å². The van der Waals surface area contributed by atoms with Gasteiger partial charge in [-0.25, -0.2) is 0 Å². The zero-order valence-electron chi connectivity index (χ0n) is 12.1. The number of nitro groups is 1. The van der Waals surface area contributed by atoms with Crippen LogP contribution in [0.2, 0.25) is 0 Å². The van der Waals surface area contributed by atoms with Gasteiger partial charge < -0.3 is 10.1 Å². The normalized spacial score (nSPS) is 10.2. The fraction of sp³-hybridized carbons (Fsp3) is 0.250. The van der Waals surface area contributed by atoms with Gasteiger partial charge in [-0.3, -0.25) is 10.1 Å². The summed E-state index contributed by atoms with van der Waals surface area (Å²) in [5.41, 5.74) is 2.52. The van der Waals surface area contributed by atoms with E-state index in [2.05, 4.69) is 5.32 Å². The lowest BCUT2D eigenvalue weighted by atomic mass is 10.1. The Labute approximate surface area is 123 Å². The van der Waals surface area contributed by atoms with Crippen LogP contribution in [-0.2, 0) is 6.61 Å². The van der Waals surface area contributed by atoms with E-state index >= 15 is 0 Å². The van der Waals surface area contributed by atoms with Crippen LogP contribution in [0, 0.1) is 17.0 Å². The van der Waals surface area contributed by atoms with E-state index in [1.807, 2.05) is 44.2 Å². The molecule has 0 atom stereocenters. The van der Waals surface area contributed by atoms with Crippen LogP contribution in [0.4, 0.5) is 11.4 Å². The van der Waals surface area contributed by atoms with E-state index in [4.69, 9.17) is 4.74 Å².